The first-order valence-electron chi connectivity index (χ1n) is 5.54. The van der Waals surface area contributed by atoms with Crippen molar-refractivity contribution in [2.24, 2.45) is 0 Å². The summed E-state index contributed by atoms with van der Waals surface area (Å²) < 4.78 is 16.0. The van der Waals surface area contributed by atoms with Gasteiger partial charge in [0.15, 0.2) is 0 Å². The predicted octanol–water partition coefficient (Wildman–Crippen LogP) is 0.941. The van der Waals surface area contributed by atoms with E-state index in [-0.39, 0.29) is 5.97 Å². The quantitative estimate of drug-likeness (QED) is 0.267. The van der Waals surface area contributed by atoms with Gasteiger partial charge in [0.1, 0.15) is 0 Å². The summed E-state index contributed by atoms with van der Waals surface area (Å²) in [7, 11) is 5.14. The summed E-state index contributed by atoms with van der Waals surface area (Å²) in [5, 5.41) is 0. The first-order chi connectivity index (χ1) is 7.99. The number of carbonyl (C=O) groups excluding carboxylic acids is 1. The number of esters is 1. The van der Waals surface area contributed by atoms with E-state index in [1.807, 2.05) is 14.1 Å². The predicted molar refractivity (Wildman–Crippen MR) is 68.9 cm³/mol. The molecule has 0 unspecified atom stereocenters. The number of ether oxygens (including phenoxy) is 1. The first-order valence-corrected chi connectivity index (χ1v) is 7.77. The molecule has 0 aromatic rings. The van der Waals surface area contributed by atoms with Gasteiger partial charge in [-0.25, -0.2) is 4.79 Å². The number of hydrogen-bond donors (Lipinski definition) is 0. The van der Waals surface area contributed by atoms with Crippen LogP contribution in [0.2, 0.25) is 6.04 Å². The summed E-state index contributed by atoms with van der Waals surface area (Å²) in [5.41, 5.74) is 0. The van der Waals surface area contributed by atoms with Gasteiger partial charge in [0, 0.05) is 26.5 Å². The number of nitrogens with zero attached hydrogens (tertiary/aromatic N) is 1. The third-order valence-electron chi connectivity index (χ3n) is 2.41. The second-order valence-electron chi connectivity index (χ2n) is 4.03. The molecule has 0 aliphatic heterocycles. The average molecular weight is 261 g/mol. The van der Waals surface area contributed by atoms with Crippen LogP contribution in [0.15, 0.2) is 12.7 Å². The maximum Gasteiger partial charge on any atom is 0.352 e. The van der Waals surface area contributed by atoms with Gasteiger partial charge in [-0.1, -0.05) is 6.58 Å². The smallest absolute Gasteiger partial charge is 0.352 e. The topological polar surface area (TPSA) is 48.0 Å². The molecule has 0 aliphatic rings. The molecule has 0 aliphatic carbocycles. The van der Waals surface area contributed by atoms with Crippen LogP contribution in [-0.2, 0) is 18.4 Å². The van der Waals surface area contributed by atoms with E-state index in [0.29, 0.717) is 6.61 Å². The van der Waals surface area contributed by atoms with E-state index in [4.69, 9.17) is 13.6 Å². The Morgan fingerprint density at radius 1 is 1.35 bits per heavy atom. The highest BCUT2D eigenvalue weighted by Crippen LogP contribution is 2.15. The Morgan fingerprint density at radius 3 is 2.35 bits per heavy atom. The van der Waals surface area contributed by atoms with Crippen LogP contribution in [0.5, 0.6) is 0 Å². The van der Waals surface area contributed by atoms with Crippen molar-refractivity contribution in [1.29, 1.82) is 0 Å². The minimum absolute atomic E-state index is 0.375. The Morgan fingerprint density at radius 2 is 1.94 bits per heavy atom. The van der Waals surface area contributed by atoms with Gasteiger partial charge in [-0.05, 0) is 26.6 Å². The zero-order chi connectivity index (χ0) is 13.3. The van der Waals surface area contributed by atoms with Gasteiger partial charge in [-0.3, -0.25) is 0 Å². The number of hydrogen-bond acceptors (Lipinski definition) is 5. The molecule has 0 aromatic heterocycles. The summed E-state index contributed by atoms with van der Waals surface area (Å²) in [6.45, 7) is 3.71. The van der Waals surface area contributed by atoms with E-state index >= 15 is 0 Å². The molecule has 0 N–H and O–H groups in total. The monoisotopic (exact) mass is 261 g/mol. The summed E-state index contributed by atoms with van der Waals surface area (Å²) in [4.78, 5) is 12.9. The molecule has 5 nitrogen and oxygen atoms in total. The average Bonchev–Trinajstić information content (AvgIpc) is 2.32. The fourth-order valence-corrected chi connectivity index (χ4v) is 4.19. The second kappa shape index (κ2) is 8.41. The lowest BCUT2D eigenvalue weighted by atomic mass is 10.5. The minimum Gasteiger partial charge on any atom is -0.463 e. The van der Waals surface area contributed by atoms with Crippen LogP contribution in [0, 0.1) is 0 Å². The lowest BCUT2D eigenvalue weighted by Crippen LogP contribution is -2.49. The molecule has 0 bridgehead atoms. The normalized spacial score (nSPS) is 11.6. The third-order valence-corrected chi connectivity index (χ3v) is 6.13. The van der Waals surface area contributed by atoms with Crippen LogP contribution < -0.4 is 0 Å². The van der Waals surface area contributed by atoms with Gasteiger partial charge in [-0.15, -0.1) is 0 Å². The Kier molecular flexibility index (Phi) is 8.06. The molecule has 0 spiro atoms. The van der Waals surface area contributed by atoms with Gasteiger partial charge in [-0.2, -0.15) is 0 Å². The van der Waals surface area contributed by atoms with Gasteiger partial charge in [0.2, 0.25) is 0 Å². The Hall–Kier alpha value is -0.693. The van der Waals surface area contributed by atoms with Crippen LogP contribution in [0.4, 0.5) is 0 Å². The highest BCUT2D eigenvalue weighted by atomic mass is 28.4. The molecule has 100 valence electrons. The van der Waals surface area contributed by atoms with E-state index in [1.54, 1.807) is 14.2 Å². The first kappa shape index (κ1) is 16.3. The van der Waals surface area contributed by atoms with Crippen LogP contribution in [0.3, 0.4) is 0 Å². The van der Waals surface area contributed by atoms with E-state index in [2.05, 4.69) is 11.5 Å². The Bertz CT molecular complexity index is 242. The van der Waals surface area contributed by atoms with Crippen molar-refractivity contribution in [2.75, 3.05) is 41.1 Å². The molecular formula is C11H23NO4Si. The van der Waals surface area contributed by atoms with E-state index in [9.17, 15) is 4.79 Å². The highest BCUT2D eigenvalue weighted by Gasteiger charge is 2.35. The standard InChI is InChI=1S/C11H23NO4Si/c1-6-11(13)16-8-7-9-17(14-4,15-5)10-12(2)3/h6H,1,7-10H2,2-5H3. The minimum atomic E-state index is -2.18. The molecule has 0 radical (unpaired) electrons. The molecule has 6 heteroatoms. The zero-order valence-electron chi connectivity index (χ0n) is 11.2. The zero-order valence-corrected chi connectivity index (χ0v) is 12.2. The summed E-state index contributed by atoms with van der Waals surface area (Å²) in [5.74, 6) is -0.389. The van der Waals surface area contributed by atoms with Crippen molar-refractivity contribution in [3.8, 4) is 0 Å². The lowest BCUT2D eigenvalue weighted by molar-refractivity contribution is -0.137. The Labute approximate surface area is 105 Å². The lowest BCUT2D eigenvalue weighted by Gasteiger charge is -2.29. The number of carbonyl (C=O) groups is 1. The Balaban J connectivity index is 4.08. The molecule has 0 amide bonds. The molecule has 0 saturated heterocycles. The fraction of sp³-hybridized carbons (Fsp3) is 0.727. The van der Waals surface area contributed by atoms with Crippen molar-refractivity contribution in [1.82, 2.24) is 4.90 Å². The molecule has 0 aromatic carbocycles. The molecule has 0 fully saturated rings. The van der Waals surface area contributed by atoms with Gasteiger partial charge >= 0.3 is 14.5 Å². The van der Waals surface area contributed by atoms with Crippen LogP contribution >= 0.6 is 0 Å². The largest absolute Gasteiger partial charge is 0.463 e. The SMILES string of the molecule is C=CC(=O)OCCC[Si](CN(C)C)(OC)OC. The number of rotatable bonds is 9. The van der Waals surface area contributed by atoms with Gasteiger partial charge < -0.3 is 18.5 Å². The van der Waals surface area contributed by atoms with Crippen molar-refractivity contribution in [3.05, 3.63) is 12.7 Å². The fourth-order valence-electron chi connectivity index (χ4n) is 1.55. The van der Waals surface area contributed by atoms with Crippen LogP contribution in [-0.4, -0.2) is 60.5 Å². The van der Waals surface area contributed by atoms with Crippen LogP contribution in [0.25, 0.3) is 0 Å². The van der Waals surface area contributed by atoms with E-state index < -0.39 is 8.56 Å². The molecule has 0 saturated carbocycles. The van der Waals surface area contributed by atoms with E-state index in [0.717, 1.165) is 24.7 Å². The van der Waals surface area contributed by atoms with E-state index in [1.165, 1.54) is 0 Å². The summed E-state index contributed by atoms with van der Waals surface area (Å²) in [6.07, 6.45) is 2.69. The summed E-state index contributed by atoms with van der Waals surface area (Å²) in [6, 6.07) is 0.794. The molecule has 0 heterocycles. The summed E-state index contributed by atoms with van der Waals surface area (Å²) >= 11 is 0. The van der Waals surface area contributed by atoms with Crippen LogP contribution in [0.1, 0.15) is 6.42 Å². The molecule has 0 atom stereocenters. The maximum atomic E-state index is 10.9. The molecule has 17 heavy (non-hydrogen) atoms. The van der Waals surface area contributed by atoms with Crippen molar-refractivity contribution in [2.45, 2.75) is 12.5 Å². The molecular weight excluding hydrogens is 238 g/mol. The third kappa shape index (κ3) is 6.57. The van der Waals surface area contributed by atoms with Crippen molar-refractivity contribution in [3.63, 3.8) is 0 Å². The van der Waals surface area contributed by atoms with Gasteiger partial charge in [0.25, 0.3) is 0 Å². The second-order valence-corrected chi connectivity index (χ2v) is 7.49. The molecule has 0 rings (SSSR count). The highest BCUT2D eigenvalue weighted by molar-refractivity contribution is 6.67. The van der Waals surface area contributed by atoms with Crippen molar-refractivity contribution < 1.29 is 18.4 Å². The maximum absolute atomic E-state index is 10.9. The van der Waals surface area contributed by atoms with Gasteiger partial charge in [0.05, 0.1) is 6.61 Å². The van der Waals surface area contributed by atoms with Crippen molar-refractivity contribution >= 4 is 14.5 Å².